The molecule has 0 aliphatic carbocycles. The zero-order valence-corrected chi connectivity index (χ0v) is 10.3. The highest BCUT2D eigenvalue weighted by molar-refractivity contribution is 5.39. The second-order valence-electron chi connectivity index (χ2n) is 4.61. The van der Waals surface area contributed by atoms with E-state index in [2.05, 4.69) is 37.4 Å². The van der Waals surface area contributed by atoms with Crippen molar-refractivity contribution in [2.24, 2.45) is 0 Å². The molecule has 2 rings (SSSR count). The van der Waals surface area contributed by atoms with Gasteiger partial charge in [0.25, 0.3) is 0 Å². The molecule has 0 aromatic heterocycles. The third kappa shape index (κ3) is 2.76. The minimum absolute atomic E-state index is 0.606. The van der Waals surface area contributed by atoms with Crippen molar-refractivity contribution in [3.05, 3.63) is 29.3 Å². The maximum Gasteiger partial charge on any atom is 0.122 e. The number of ether oxygens (including phenoxy) is 1. The van der Waals surface area contributed by atoms with Crippen molar-refractivity contribution in [3.8, 4) is 5.75 Å². The largest absolute Gasteiger partial charge is 0.493 e. The molecule has 16 heavy (non-hydrogen) atoms. The summed E-state index contributed by atoms with van der Waals surface area (Å²) in [4.78, 5) is 0. The number of benzene rings is 1. The maximum absolute atomic E-state index is 5.50. The van der Waals surface area contributed by atoms with Crippen molar-refractivity contribution in [1.29, 1.82) is 0 Å². The molecular weight excluding hydrogens is 198 g/mol. The van der Waals surface area contributed by atoms with Gasteiger partial charge in [-0.2, -0.15) is 0 Å². The monoisotopic (exact) mass is 219 g/mol. The molecule has 1 N–H and O–H groups in total. The lowest BCUT2D eigenvalue weighted by Gasteiger charge is -2.13. The second kappa shape index (κ2) is 5.35. The van der Waals surface area contributed by atoms with Crippen molar-refractivity contribution in [2.75, 3.05) is 6.61 Å². The Balaban J connectivity index is 1.90. The molecule has 1 aromatic rings. The minimum Gasteiger partial charge on any atom is -0.493 e. The first kappa shape index (κ1) is 11.5. The molecule has 1 atom stereocenters. The average Bonchev–Trinajstić information content (AvgIpc) is 2.74. The van der Waals surface area contributed by atoms with E-state index in [1.807, 2.05) is 0 Å². The lowest BCUT2D eigenvalue weighted by atomic mass is 10.1. The van der Waals surface area contributed by atoms with E-state index in [0.717, 1.165) is 25.3 Å². The number of rotatable bonds is 5. The minimum atomic E-state index is 0.606. The van der Waals surface area contributed by atoms with E-state index < -0.39 is 0 Å². The lowest BCUT2D eigenvalue weighted by Crippen LogP contribution is -2.25. The van der Waals surface area contributed by atoms with Crippen LogP contribution < -0.4 is 10.1 Å². The quantitative estimate of drug-likeness (QED) is 0.822. The normalized spacial score (nSPS) is 15.6. The molecule has 0 amide bonds. The van der Waals surface area contributed by atoms with Crippen LogP contribution in [0.1, 0.15) is 37.8 Å². The molecule has 2 heteroatoms. The second-order valence-corrected chi connectivity index (χ2v) is 4.61. The van der Waals surface area contributed by atoms with Crippen molar-refractivity contribution < 1.29 is 4.74 Å². The zero-order valence-electron chi connectivity index (χ0n) is 10.3. The van der Waals surface area contributed by atoms with E-state index in [1.165, 1.54) is 24.0 Å². The molecular formula is C14H21NO. The van der Waals surface area contributed by atoms with E-state index in [0.29, 0.717) is 6.04 Å². The molecule has 0 saturated heterocycles. The van der Waals surface area contributed by atoms with Crippen LogP contribution in [0.2, 0.25) is 0 Å². The highest BCUT2D eigenvalue weighted by Gasteiger charge is 2.11. The molecule has 2 nitrogen and oxygen atoms in total. The van der Waals surface area contributed by atoms with Gasteiger partial charge in [0.15, 0.2) is 0 Å². The first-order chi connectivity index (χ1) is 7.79. The summed E-state index contributed by atoms with van der Waals surface area (Å²) >= 11 is 0. The fourth-order valence-electron chi connectivity index (χ4n) is 2.18. The Hall–Kier alpha value is -1.02. The van der Waals surface area contributed by atoms with Gasteiger partial charge in [-0.25, -0.2) is 0 Å². The van der Waals surface area contributed by atoms with Crippen molar-refractivity contribution in [1.82, 2.24) is 5.32 Å². The summed E-state index contributed by atoms with van der Waals surface area (Å²) in [5.41, 5.74) is 2.73. The van der Waals surface area contributed by atoms with Gasteiger partial charge < -0.3 is 10.1 Å². The summed E-state index contributed by atoms with van der Waals surface area (Å²) in [6, 6.07) is 7.14. The molecule has 0 saturated carbocycles. The molecule has 0 spiro atoms. The number of fused-ring (bicyclic) bond motifs is 1. The summed E-state index contributed by atoms with van der Waals surface area (Å²) in [7, 11) is 0. The van der Waals surface area contributed by atoms with Gasteiger partial charge in [-0.15, -0.1) is 0 Å². The average molecular weight is 219 g/mol. The molecule has 1 heterocycles. The summed E-state index contributed by atoms with van der Waals surface area (Å²) in [5.74, 6) is 1.07. The van der Waals surface area contributed by atoms with Crippen LogP contribution in [-0.4, -0.2) is 12.6 Å². The SMILES string of the molecule is CCCC(C)NCc1ccc2c(c1)CCO2. The topological polar surface area (TPSA) is 21.3 Å². The smallest absolute Gasteiger partial charge is 0.122 e. The van der Waals surface area contributed by atoms with Crippen LogP contribution in [0.5, 0.6) is 5.75 Å². The summed E-state index contributed by atoms with van der Waals surface area (Å²) in [6.07, 6.45) is 3.55. The first-order valence-electron chi connectivity index (χ1n) is 6.27. The van der Waals surface area contributed by atoms with Gasteiger partial charge in [0.1, 0.15) is 5.75 Å². The standard InChI is InChI=1S/C14H21NO/c1-3-4-11(2)15-10-12-5-6-14-13(9-12)7-8-16-14/h5-6,9,11,15H,3-4,7-8,10H2,1-2H3. The number of nitrogens with one attached hydrogen (secondary N) is 1. The van der Waals surface area contributed by atoms with Crippen molar-refractivity contribution in [2.45, 2.75) is 45.7 Å². The van der Waals surface area contributed by atoms with E-state index in [4.69, 9.17) is 4.74 Å². The third-order valence-corrected chi connectivity index (χ3v) is 3.13. The van der Waals surface area contributed by atoms with Gasteiger partial charge in [-0.05, 0) is 30.5 Å². The number of hydrogen-bond donors (Lipinski definition) is 1. The first-order valence-corrected chi connectivity index (χ1v) is 6.27. The van der Waals surface area contributed by atoms with Gasteiger partial charge in [-0.1, -0.05) is 25.5 Å². The van der Waals surface area contributed by atoms with E-state index in [1.54, 1.807) is 0 Å². The zero-order chi connectivity index (χ0) is 11.4. The van der Waals surface area contributed by atoms with Crippen molar-refractivity contribution in [3.63, 3.8) is 0 Å². The van der Waals surface area contributed by atoms with Crippen LogP contribution >= 0.6 is 0 Å². The molecule has 0 bridgehead atoms. The Labute approximate surface area is 98.0 Å². The Morgan fingerprint density at radius 1 is 1.44 bits per heavy atom. The summed E-state index contributed by atoms with van der Waals surface area (Å²) in [5, 5.41) is 3.55. The molecule has 1 aliphatic rings. The highest BCUT2D eigenvalue weighted by atomic mass is 16.5. The van der Waals surface area contributed by atoms with Crippen LogP contribution in [0.4, 0.5) is 0 Å². The molecule has 0 radical (unpaired) electrons. The van der Waals surface area contributed by atoms with E-state index >= 15 is 0 Å². The van der Waals surface area contributed by atoms with Gasteiger partial charge >= 0.3 is 0 Å². The maximum atomic E-state index is 5.50. The predicted octanol–water partition coefficient (Wildman–Crippen LogP) is 2.90. The Bertz CT molecular complexity index is 349. The molecule has 0 fully saturated rings. The van der Waals surface area contributed by atoms with Gasteiger partial charge in [-0.3, -0.25) is 0 Å². The third-order valence-electron chi connectivity index (χ3n) is 3.13. The van der Waals surface area contributed by atoms with E-state index in [-0.39, 0.29) is 0 Å². The van der Waals surface area contributed by atoms with Crippen LogP contribution in [0.25, 0.3) is 0 Å². The lowest BCUT2D eigenvalue weighted by molar-refractivity contribution is 0.357. The molecule has 88 valence electrons. The van der Waals surface area contributed by atoms with Gasteiger partial charge in [0, 0.05) is 19.0 Å². The van der Waals surface area contributed by atoms with Gasteiger partial charge in [0.05, 0.1) is 6.61 Å². The highest BCUT2D eigenvalue weighted by Crippen LogP contribution is 2.25. The van der Waals surface area contributed by atoms with Gasteiger partial charge in [0.2, 0.25) is 0 Å². The fourth-order valence-corrected chi connectivity index (χ4v) is 2.18. The van der Waals surface area contributed by atoms with Crippen molar-refractivity contribution >= 4 is 0 Å². The van der Waals surface area contributed by atoms with Crippen LogP contribution in [0.15, 0.2) is 18.2 Å². The number of hydrogen-bond acceptors (Lipinski definition) is 2. The van der Waals surface area contributed by atoms with E-state index in [9.17, 15) is 0 Å². The van der Waals surface area contributed by atoms with Crippen LogP contribution in [-0.2, 0) is 13.0 Å². The predicted molar refractivity (Wildman–Crippen MR) is 66.9 cm³/mol. The molecule has 1 aromatic carbocycles. The summed E-state index contributed by atoms with van der Waals surface area (Å²) < 4.78 is 5.50. The van der Waals surface area contributed by atoms with Crippen LogP contribution in [0, 0.1) is 0 Å². The molecule has 1 unspecified atom stereocenters. The summed E-state index contributed by atoms with van der Waals surface area (Å²) in [6.45, 7) is 6.29. The Morgan fingerprint density at radius 3 is 3.12 bits per heavy atom. The Morgan fingerprint density at radius 2 is 2.31 bits per heavy atom. The molecule has 1 aliphatic heterocycles. The van der Waals surface area contributed by atoms with Crippen LogP contribution in [0.3, 0.4) is 0 Å². The Kier molecular flexibility index (Phi) is 3.83. The fraction of sp³-hybridized carbons (Fsp3) is 0.571.